The fourth-order valence-electron chi connectivity index (χ4n) is 2.36. The Hall–Kier alpha value is -2.41. The fraction of sp³-hybridized carbons (Fsp3) is 0.250. The molecular formula is C16H17NO5S. The molecule has 0 atom stereocenters. The van der Waals surface area contributed by atoms with Crippen molar-refractivity contribution in [3.8, 4) is 17.2 Å². The lowest BCUT2D eigenvalue weighted by molar-refractivity contribution is 0.171. The lowest BCUT2D eigenvalue weighted by Crippen LogP contribution is -2.18. The van der Waals surface area contributed by atoms with Crippen LogP contribution in [0.3, 0.4) is 0 Å². The van der Waals surface area contributed by atoms with Gasteiger partial charge in [-0.1, -0.05) is 6.07 Å². The normalized spacial score (nSPS) is 13.5. The van der Waals surface area contributed by atoms with Gasteiger partial charge in [0.05, 0.1) is 17.7 Å². The number of hydrogen-bond acceptors (Lipinski definition) is 5. The minimum absolute atomic E-state index is 0.157. The third kappa shape index (κ3) is 3.19. The second-order valence-corrected chi connectivity index (χ2v) is 6.75. The van der Waals surface area contributed by atoms with E-state index in [1.54, 1.807) is 37.3 Å². The summed E-state index contributed by atoms with van der Waals surface area (Å²) in [6.07, 6.45) is 0. The summed E-state index contributed by atoms with van der Waals surface area (Å²) in [6, 6.07) is 9.90. The molecule has 0 unspecified atom stereocenters. The van der Waals surface area contributed by atoms with Gasteiger partial charge < -0.3 is 14.2 Å². The third-order valence-electron chi connectivity index (χ3n) is 3.45. The summed E-state index contributed by atoms with van der Waals surface area (Å²) in [4.78, 5) is 0.157. The van der Waals surface area contributed by atoms with Gasteiger partial charge in [-0.2, -0.15) is 0 Å². The predicted molar refractivity (Wildman–Crippen MR) is 86.0 cm³/mol. The quantitative estimate of drug-likeness (QED) is 0.929. The number of methoxy groups -OCH3 is 1. The van der Waals surface area contributed by atoms with E-state index >= 15 is 0 Å². The molecule has 7 heteroatoms. The summed E-state index contributed by atoms with van der Waals surface area (Å²) in [5.74, 6) is 1.58. The minimum Gasteiger partial charge on any atom is -0.497 e. The number of hydrogen-bond donors (Lipinski definition) is 1. The summed E-state index contributed by atoms with van der Waals surface area (Å²) >= 11 is 0. The lowest BCUT2D eigenvalue weighted by atomic mass is 10.2. The van der Waals surface area contributed by atoms with Crippen molar-refractivity contribution in [2.24, 2.45) is 0 Å². The molecule has 0 radical (unpaired) electrons. The van der Waals surface area contributed by atoms with Gasteiger partial charge in [0.25, 0.3) is 10.0 Å². The van der Waals surface area contributed by atoms with Gasteiger partial charge in [-0.15, -0.1) is 0 Å². The number of rotatable bonds is 4. The standard InChI is InChI=1S/C16H17NO5S/c1-11-8-14-15(22-7-6-21-14)10-16(11)23(18,19)17-12-4-3-5-13(9-12)20-2/h3-5,8-10,17H,6-7H2,1-2H3. The topological polar surface area (TPSA) is 73.9 Å². The average Bonchev–Trinajstić information content (AvgIpc) is 2.53. The molecule has 122 valence electrons. The van der Waals surface area contributed by atoms with Crippen LogP contribution in [0.25, 0.3) is 0 Å². The molecule has 0 spiro atoms. The Kier molecular flexibility index (Phi) is 4.04. The smallest absolute Gasteiger partial charge is 0.262 e. The molecule has 1 aliphatic rings. The molecule has 23 heavy (non-hydrogen) atoms. The van der Waals surface area contributed by atoms with Crippen LogP contribution in [-0.2, 0) is 10.0 Å². The number of aryl methyl sites for hydroxylation is 1. The highest BCUT2D eigenvalue weighted by Crippen LogP contribution is 2.35. The van der Waals surface area contributed by atoms with Crippen molar-refractivity contribution in [2.75, 3.05) is 25.0 Å². The molecule has 1 N–H and O–H groups in total. The van der Waals surface area contributed by atoms with E-state index in [9.17, 15) is 8.42 Å². The second-order valence-electron chi connectivity index (χ2n) is 5.10. The monoisotopic (exact) mass is 335 g/mol. The van der Waals surface area contributed by atoms with Crippen LogP contribution in [0.4, 0.5) is 5.69 Å². The zero-order valence-electron chi connectivity index (χ0n) is 12.8. The number of fused-ring (bicyclic) bond motifs is 1. The molecule has 0 fully saturated rings. The van der Waals surface area contributed by atoms with Crippen LogP contribution < -0.4 is 18.9 Å². The van der Waals surface area contributed by atoms with Crippen LogP contribution in [-0.4, -0.2) is 28.7 Å². The van der Waals surface area contributed by atoms with Crippen molar-refractivity contribution in [1.82, 2.24) is 0 Å². The van der Waals surface area contributed by atoms with Crippen molar-refractivity contribution in [2.45, 2.75) is 11.8 Å². The summed E-state index contributed by atoms with van der Waals surface area (Å²) in [7, 11) is -2.22. The number of anilines is 1. The summed E-state index contributed by atoms with van der Waals surface area (Å²) < 4.78 is 43.9. The van der Waals surface area contributed by atoms with Crippen LogP contribution >= 0.6 is 0 Å². The Morgan fingerprint density at radius 3 is 2.48 bits per heavy atom. The van der Waals surface area contributed by atoms with E-state index in [2.05, 4.69) is 4.72 Å². The maximum Gasteiger partial charge on any atom is 0.262 e. The molecule has 1 heterocycles. The molecule has 0 aliphatic carbocycles. The zero-order chi connectivity index (χ0) is 16.4. The highest BCUT2D eigenvalue weighted by atomic mass is 32.2. The largest absolute Gasteiger partial charge is 0.497 e. The van der Waals surface area contributed by atoms with E-state index in [0.29, 0.717) is 41.7 Å². The van der Waals surface area contributed by atoms with Crippen molar-refractivity contribution >= 4 is 15.7 Å². The maximum absolute atomic E-state index is 12.7. The van der Waals surface area contributed by atoms with E-state index in [1.165, 1.54) is 13.2 Å². The van der Waals surface area contributed by atoms with Crippen LogP contribution in [0.2, 0.25) is 0 Å². The highest BCUT2D eigenvalue weighted by molar-refractivity contribution is 7.92. The van der Waals surface area contributed by atoms with Crippen LogP contribution in [0.15, 0.2) is 41.3 Å². The van der Waals surface area contributed by atoms with Gasteiger partial charge in [-0.05, 0) is 30.7 Å². The average molecular weight is 335 g/mol. The Morgan fingerprint density at radius 1 is 1.09 bits per heavy atom. The Balaban J connectivity index is 1.96. The van der Waals surface area contributed by atoms with Crippen LogP contribution in [0, 0.1) is 6.92 Å². The lowest BCUT2D eigenvalue weighted by Gasteiger charge is -2.20. The molecule has 0 saturated carbocycles. The first-order valence-corrected chi connectivity index (χ1v) is 8.55. The number of nitrogens with one attached hydrogen (secondary N) is 1. The fourth-order valence-corrected chi connectivity index (χ4v) is 3.65. The van der Waals surface area contributed by atoms with Crippen molar-refractivity contribution < 1.29 is 22.6 Å². The summed E-state index contributed by atoms with van der Waals surface area (Å²) in [5, 5.41) is 0. The molecular weight excluding hydrogens is 318 g/mol. The predicted octanol–water partition coefficient (Wildman–Crippen LogP) is 2.58. The Labute approximate surface area is 135 Å². The number of ether oxygens (including phenoxy) is 3. The molecule has 0 bridgehead atoms. The van der Waals surface area contributed by atoms with Gasteiger partial charge in [0.15, 0.2) is 11.5 Å². The van der Waals surface area contributed by atoms with Gasteiger partial charge in [0.2, 0.25) is 0 Å². The molecule has 0 amide bonds. The molecule has 2 aromatic rings. The SMILES string of the molecule is COc1cccc(NS(=O)(=O)c2cc3c(cc2C)OCCO3)c1. The van der Waals surface area contributed by atoms with E-state index in [4.69, 9.17) is 14.2 Å². The first-order chi connectivity index (χ1) is 11.0. The molecule has 6 nitrogen and oxygen atoms in total. The second kappa shape index (κ2) is 6.00. The maximum atomic E-state index is 12.7. The summed E-state index contributed by atoms with van der Waals surface area (Å²) in [5.41, 5.74) is 1.02. The van der Waals surface area contributed by atoms with E-state index in [1.807, 2.05) is 0 Å². The highest BCUT2D eigenvalue weighted by Gasteiger charge is 2.22. The van der Waals surface area contributed by atoms with Gasteiger partial charge in [0.1, 0.15) is 19.0 Å². The number of benzene rings is 2. The van der Waals surface area contributed by atoms with Gasteiger partial charge >= 0.3 is 0 Å². The van der Waals surface area contributed by atoms with E-state index in [-0.39, 0.29) is 4.90 Å². The molecule has 3 rings (SSSR count). The first kappa shape index (κ1) is 15.5. The molecule has 2 aromatic carbocycles. The van der Waals surface area contributed by atoms with Crippen LogP contribution in [0.1, 0.15) is 5.56 Å². The molecule has 0 saturated heterocycles. The third-order valence-corrected chi connectivity index (χ3v) is 4.97. The van der Waals surface area contributed by atoms with Crippen molar-refractivity contribution in [3.63, 3.8) is 0 Å². The van der Waals surface area contributed by atoms with Crippen molar-refractivity contribution in [1.29, 1.82) is 0 Å². The Morgan fingerprint density at radius 2 is 1.78 bits per heavy atom. The molecule has 1 aliphatic heterocycles. The van der Waals surface area contributed by atoms with Gasteiger partial charge in [-0.3, -0.25) is 4.72 Å². The van der Waals surface area contributed by atoms with Crippen LogP contribution in [0.5, 0.6) is 17.2 Å². The van der Waals surface area contributed by atoms with Crippen molar-refractivity contribution in [3.05, 3.63) is 42.0 Å². The van der Waals surface area contributed by atoms with E-state index in [0.717, 1.165) is 0 Å². The van der Waals surface area contributed by atoms with Gasteiger partial charge in [-0.25, -0.2) is 8.42 Å². The zero-order valence-corrected chi connectivity index (χ0v) is 13.6. The van der Waals surface area contributed by atoms with E-state index < -0.39 is 10.0 Å². The molecule has 0 aromatic heterocycles. The minimum atomic E-state index is -3.74. The van der Waals surface area contributed by atoms with Gasteiger partial charge in [0, 0.05) is 12.1 Å². The first-order valence-electron chi connectivity index (χ1n) is 7.07. The summed E-state index contributed by atoms with van der Waals surface area (Å²) in [6.45, 7) is 2.58. The number of sulfonamides is 1. The Bertz CT molecular complexity index is 832.